The Balaban J connectivity index is 2.24. The summed E-state index contributed by atoms with van der Waals surface area (Å²) in [5.74, 6) is -0.123. The zero-order valence-corrected chi connectivity index (χ0v) is 14.2. The van der Waals surface area contributed by atoms with Crippen molar-refractivity contribution >= 4 is 33.2 Å². The Morgan fingerprint density at radius 1 is 1.38 bits per heavy atom. The summed E-state index contributed by atoms with van der Waals surface area (Å²) in [5, 5.41) is 7.31. The molecule has 112 valence electrons. The van der Waals surface area contributed by atoms with Gasteiger partial charge in [-0.1, -0.05) is 6.07 Å². The van der Waals surface area contributed by atoms with Crippen molar-refractivity contribution in [3.05, 3.63) is 39.6 Å². The highest BCUT2D eigenvalue weighted by Crippen LogP contribution is 2.25. The van der Waals surface area contributed by atoms with Crippen molar-refractivity contribution in [2.45, 2.75) is 33.7 Å². The van der Waals surface area contributed by atoms with Gasteiger partial charge in [0.25, 0.3) is 0 Å². The maximum Gasteiger partial charge on any atom is 0.248 e. The lowest BCUT2D eigenvalue weighted by Crippen LogP contribution is -2.25. The summed E-state index contributed by atoms with van der Waals surface area (Å²) in [6, 6.07) is 5.07. The molecule has 1 aromatic heterocycles. The highest BCUT2D eigenvalue weighted by Gasteiger charge is 2.20. The second kappa shape index (κ2) is 5.89. The quantitative estimate of drug-likeness (QED) is 0.833. The number of aryl methyl sites for hydroxylation is 1. The molecule has 0 radical (unpaired) electrons. The van der Waals surface area contributed by atoms with Crippen LogP contribution >= 0.6 is 15.9 Å². The molecule has 3 N–H and O–H groups in total. The number of nitrogens with zero attached hydrogens (tertiary/aromatic N) is 2. The Morgan fingerprint density at radius 3 is 2.62 bits per heavy atom. The van der Waals surface area contributed by atoms with Crippen LogP contribution in [0.15, 0.2) is 22.7 Å². The fourth-order valence-electron chi connectivity index (χ4n) is 2.16. The predicted molar refractivity (Wildman–Crippen MR) is 88.3 cm³/mol. The van der Waals surface area contributed by atoms with Crippen molar-refractivity contribution in [2.75, 3.05) is 11.1 Å². The minimum absolute atomic E-state index is 0.123. The summed E-state index contributed by atoms with van der Waals surface area (Å²) >= 11 is 3.47. The Hall–Kier alpha value is -1.82. The second-order valence-electron chi connectivity index (χ2n) is 5.11. The van der Waals surface area contributed by atoms with Crippen molar-refractivity contribution in [1.82, 2.24) is 9.78 Å². The molecule has 1 aromatic carbocycles. The van der Waals surface area contributed by atoms with Gasteiger partial charge in [0.1, 0.15) is 6.04 Å². The summed E-state index contributed by atoms with van der Waals surface area (Å²) in [6.45, 7) is 7.54. The first-order valence-electron chi connectivity index (χ1n) is 6.70. The van der Waals surface area contributed by atoms with Gasteiger partial charge in [-0.05, 0) is 61.3 Å². The summed E-state index contributed by atoms with van der Waals surface area (Å²) in [5.41, 5.74) is 9.91. The topological polar surface area (TPSA) is 72.9 Å². The summed E-state index contributed by atoms with van der Waals surface area (Å²) < 4.78 is 2.65. The number of hydrogen-bond donors (Lipinski definition) is 2. The lowest BCUT2D eigenvalue weighted by Gasteiger charge is -2.16. The number of nitrogens with two attached hydrogens (primary N) is 1. The van der Waals surface area contributed by atoms with Gasteiger partial charge in [0.15, 0.2) is 0 Å². The van der Waals surface area contributed by atoms with E-state index in [2.05, 4.69) is 26.3 Å². The third-order valence-corrected chi connectivity index (χ3v) is 4.76. The van der Waals surface area contributed by atoms with E-state index in [9.17, 15) is 4.79 Å². The highest BCUT2D eigenvalue weighted by atomic mass is 79.9. The first-order valence-corrected chi connectivity index (χ1v) is 7.49. The zero-order chi connectivity index (χ0) is 15.7. The number of carbonyl (C=O) groups excluding carboxylic acids is 1. The van der Waals surface area contributed by atoms with Crippen LogP contribution in [0.5, 0.6) is 0 Å². The molecule has 2 aromatic rings. The predicted octanol–water partition coefficient (Wildman–Crippen LogP) is 3.35. The number of hydrogen-bond acceptors (Lipinski definition) is 3. The molecule has 21 heavy (non-hydrogen) atoms. The van der Waals surface area contributed by atoms with Crippen LogP contribution in [0.1, 0.15) is 29.9 Å². The van der Waals surface area contributed by atoms with Crippen LogP contribution in [0.3, 0.4) is 0 Å². The first-order chi connectivity index (χ1) is 9.82. The van der Waals surface area contributed by atoms with Crippen LogP contribution in [0.2, 0.25) is 0 Å². The lowest BCUT2D eigenvalue weighted by atomic mass is 10.1. The molecule has 0 saturated carbocycles. The minimum atomic E-state index is -0.407. The number of nitrogens with one attached hydrogen (secondary N) is 1. The number of aromatic nitrogens is 2. The number of carbonyl (C=O) groups is 1. The zero-order valence-electron chi connectivity index (χ0n) is 12.6. The Labute approximate surface area is 132 Å². The molecule has 1 heterocycles. The standard InChI is InChI=1S/C15H19BrN4O/c1-8-12(17)6-5-7-13(8)18-15(21)11(4)20-10(3)14(16)9(2)19-20/h5-7,11H,17H2,1-4H3,(H,18,21). The molecule has 0 fully saturated rings. The molecule has 5 nitrogen and oxygen atoms in total. The molecule has 6 heteroatoms. The monoisotopic (exact) mass is 350 g/mol. The Morgan fingerprint density at radius 2 is 2.05 bits per heavy atom. The summed E-state index contributed by atoms with van der Waals surface area (Å²) in [4.78, 5) is 12.4. The van der Waals surface area contributed by atoms with Crippen LogP contribution in [-0.2, 0) is 4.79 Å². The van der Waals surface area contributed by atoms with Gasteiger partial charge in [-0.25, -0.2) is 0 Å². The molecule has 0 aliphatic carbocycles. The molecule has 0 saturated heterocycles. The van der Waals surface area contributed by atoms with Gasteiger partial charge in [0.2, 0.25) is 5.91 Å². The molecular weight excluding hydrogens is 332 g/mol. The maximum absolute atomic E-state index is 12.4. The first kappa shape index (κ1) is 15.6. The van der Waals surface area contributed by atoms with Gasteiger partial charge in [0.05, 0.1) is 15.9 Å². The molecule has 2 rings (SSSR count). The fourth-order valence-corrected chi connectivity index (χ4v) is 2.42. The van der Waals surface area contributed by atoms with E-state index < -0.39 is 6.04 Å². The largest absolute Gasteiger partial charge is 0.398 e. The molecule has 0 spiro atoms. The van der Waals surface area contributed by atoms with Crippen molar-refractivity contribution in [3.63, 3.8) is 0 Å². The third kappa shape index (κ3) is 2.95. The Kier molecular flexibility index (Phi) is 4.37. The van der Waals surface area contributed by atoms with Crippen LogP contribution in [-0.4, -0.2) is 15.7 Å². The lowest BCUT2D eigenvalue weighted by molar-refractivity contribution is -0.119. The molecular formula is C15H19BrN4O. The normalized spacial score (nSPS) is 12.2. The SMILES string of the molecule is Cc1nn(C(C)C(=O)Nc2cccc(N)c2C)c(C)c1Br. The van der Waals surface area contributed by atoms with E-state index in [1.807, 2.05) is 45.9 Å². The minimum Gasteiger partial charge on any atom is -0.398 e. The van der Waals surface area contributed by atoms with Crippen LogP contribution < -0.4 is 11.1 Å². The summed E-state index contributed by atoms with van der Waals surface area (Å²) in [6.07, 6.45) is 0. The van der Waals surface area contributed by atoms with Crippen molar-refractivity contribution < 1.29 is 4.79 Å². The van der Waals surface area contributed by atoms with Crippen LogP contribution in [0.25, 0.3) is 0 Å². The van der Waals surface area contributed by atoms with Crippen LogP contribution in [0.4, 0.5) is 11.4 Å². The second-order valence-corrected chi connectivity index (χ2v) is 5.91. The smallest absolute Gasteiger partial charge is 0.248 e. The molecule has 1 amide bonds. The van der Waals surface area contributed by atoms with Crippen molar-refractivity contribution in [3.8, 4) is 0 Å². The third-order valence-electron chi connectivity index (χ3n) is 3.62. The average molecular weight is 351 g/mol. The van der Waals surface area contributed by atoms with E-state index in [0.717, 1.165) is 27.1 Å². The van der Waals surface area contributed by atoms with E-state index in [4.69, 9.17) is 5.73 Å². The number of amides is 1. The number of anilines is 2. The van der Waals surface area contributed by atoms with Crippen molar-refractivity contribution in [2.24, 2.45) is 0 Å². The Bertz CT molecular complexity index is 693. The van der Waals surface area contributed by atoms with E-state index >= 15 is 0 Å². The number of nitrogen functional groups attached to an aromatic ring is 1. The molecule has 1 atom stereocenters. The van der Waals surface area contributed by atoms with Crippen molar-refractivity contribution in [1.29, 1.82) is 0 Å². The van der Waals surface area contributed by atoms with Gasteiger partial charge < -0.3 is 11.1 Å². The maximum atomic E-state index is 12.4. The summed E-state index contributed by atoms with van der Waals surface area (Å²) in [7, 11) is 0. The number of rotatable bonds is 3. The van der Waals surface area contributed by atoms with Gasteiger partial charge in [-0.15, -0.1) is 0 Å². The average Bonchev–Trinajstić information content (AvgIpc) is 2.70. The van der Waals surface area contributed by atoms with E-state index in [-0.39, 0.29) is 5.91 Å². The molecule has 1 unspecified atom stereocenters. The molecule has 0 aliphatic heterocycles. The van der Waals surface area contributed by atoms with Gasteiger partial charge >= 0.3 is 0 Å². The molecule has 0 bridgehead atoms. The molecule has 0 aliphatic rings. The van der Waals surface area contributed by atoms with E-state index in [1.54, 1.807) is 4.68 Å². The van der Waals surface area contributed by atoms with Gasteiger partial charge in [0, 0.05) is 11.4 Å². The van der Waals surface area contributed by atoms with E-state index in [1.165, 1.54) is 0 Å². The number of halogens is 1. The number of benzene rings is 1. The van der Waals surface area contributed by atoms with E-state index in [0.29, 0.717) is 5.69 Å². The van der Waals surface area contributed by atoms with Gasteiger partial charge in [-0.2, -0.15) is 5.10 Å². The highest BCUT2D eigenvalue weighted by molar-refractivity contribution is 9.10. The fraction of sp³-hybridized carbons (Fsp3) is 0.333. The van der Waals surface area contributed by atoms with Crippen LogP contribution in [0, 0.1) is 20.8 Å². The van der Waals surface area contributed by atoms with Gasteiger partial charge in [-0.3, -0.25) is 9.48 Å².